The van der Waals surface area contributed by atoms with Crippen molar-refractivity contribution < 1.29 is 9.53 Å². The molecule has 0 fully saturated rings. The van der Waals surface area contributed by atoms with E-state index in [1.807, 2.05) is 67.6 Å². The summed E-state index contributed by atoms with van der Waals surface area (Å²) in [6.45, 7) is 2.21. The normalized spacial score (nSPS) is 12.0. The Balaban J connectivity index is 1.77. The molecule has 22 heavy (non-hydrogen) atoms. The zero-order valence-electron chi connectivity index (χ0n) is 12.5. The van der Waals surface area contributed by atoms with Gasteiger partial charge in [-0.1, -0.05) is 72.8 Å². The maximum Gasteiger partial charge on any atom is 0.313 e. The second-order valence-electron chi connectivity index (χ2n) is 5.38. The van der Waals surface area contributed by atoms with Crippen LogP contribution < -0.4 is 0 Å². The number of carbonyl (C=O) groups is 1. The van der Waals surface area contributed by atoms with Crippen molar-refractivity contribution in [1.29, 1.82) is 0 Å². The average molecular weight is 290 g/mol. The molecule has 0 saturated carbocycles. The molecule has 2 nitrogen and oxygen atoms in total. The minimum Gasteiger partial charge on any atom is -0.460 e. The first-order valence-corrected chi connectivity index (χ1v) is 7.44. The molecule has 3 rings (SSSR count). The van der Waals surface area contributed by atoms with Gasteiger partial charge in [0.1, 0.15) is 6.61 Å². The van der Waals surface area contributed by atoms with E-state index in [1.54, 1.807) is 0 Å². The molecule has 0 amide bonds. The van der Waals surface area contributed by atoms with Crippen molar-refractivity contribution in [2.75, 3.05) is 0 Å². The van der Waals surface area contributed by atoms with Crippen LogP contribution in [0.4, 0.5) is 0 Å². The number of ether oxygens (including phenoxy) is 1. The Morgan fingerprint density at radius 1 is 0.909 bits per heavy atom. The van der Waals surface area contributed by atoms with Crippen molar-refractivity contribution in [2.24, 2.45) is 0 Å². The molecule has 3 aromatic rings. The summed E-state index contributed by atoms with van der Waals surface area (Å²) < 4.78 is 5.45. The number of fused-ring (bicyclic) bond motifs is 1. The lowest BCUT2D eigenvalue weighted by Crippen LogP contribution is -2.13. The van der Waals surface area contributed by atoms with Gasteiger partial charge in [0.2, 0.25) is 0 Å². The topological polar surface area (TPSA) is 26.3 Å². The second kappa shape index (κ2) is 6.44. The number of esters is 1. The van der Waals surface area contributed by atoms with E-state index in [0.717, 1.165) is 21.9 Å². The highest BCUT2D eigenvalue weighted by Gasteiger charge is 2.18. The maximum atomic E-state index is 12.3. The first-order valence-electron chi connectivity index (χ1n) is 7.44. The van der Waals surface area contributed by atoms with Crippen LogP contribution in [0.15, 0.2) is 72.8 Å². The summed E-state index contributed by atoms with van der Waals surface area (Å²) in [4.78, 5) is 12.3. The standard InChI is InChI=1S/C20H18O2/c1-15(20(21)22-14-16-8-3-2-4-9-16)18-13-7-11-17-10-5-6-12-19(17)18/h2-13,15H,14H2,1H3. The fourth-order valence-corrected chi connectivity index (χ4v) is 2.61. The van der Waals surface area contributed by atoms with Gasteiger partial charge in [-0.3, -0.25) is 4.79 Å². The van der Waals surface area contributed by atoms with Crippen LogP contribution in [0, 0.1) is 0 Å². The molecule has 1 atom stereocenters. The Morgan fingerprint density at radius 2 is 1.59 bits per heavy atom. The van der Waals surface area contributed by atoms with Gasteiger partial charge in [-0.25, -0.2) is 0 Å². The average Bonchev–Trinajstić information content (AvgIpc) is 2.59. The summed E-state index contributed by atoms with van der Waals surface area (Å²) in [6.07, 6.45) is 0. The van der Waals surface area contributed by atoms with Gasteiger partial charge < -0.3 is 4.74 Å². The molecule has 0 heterocycles. The van der Waals surface area contributed by atoms with E-state index in [4.69, 9.17) is 4.74 Å². The summed E-state index contributed by atoms with van der Waals surface area (Å²) in [5, 5.41) is 2.25. The van der Waals surface area contributed by atoms with E-state index in [1.165, 1.54) is 0 Å². The Kier molecular flexibility index (Phi) is 4.19. The molecular formula is C20H18O2. The minimum atomic E-state index is -0.283. The zero-order chi connectivity index (χ0) is 15.4. The largest absolute Gasteiger partial charge is 0.460 e. The van der Waals surface area contributed by atoms with Gasteiger partial charge in [-0.2, -0.15) is 0 Å². The third-order valence-corrected chi connectivity index (χ3v) is 3.87. The first-order chi connectivity index (χ1) is 10.8. The molecule has 3 aromatic carbocycles. The summed E-state index contributed by atoms with van der Waals surface area (Å²) in [6, 6.07) is 23.9. The Morgan fingerprint density at radius 3 is 2.41 bits per heavy atom. The fraction of sp³-hybridized carbons (Fsp3) is 0.150. The predicted octanol–water partition coefficient (Wildman–Crippen LogP) is 4.69. The van der Waals surface area contributed by atoms with E-state index >= 15 is 0 Å². The monoisotopic (exact) mass is 290 g/mol. The molecule has 2 heteroatoms. The van der Waals surface area contributed by atoms with Crippen molar-refractivity contribution in [3.05, 3.63) is 83.9 Å². The van der Waals surface area contributed by atoms with E-state index < -0.39 is 0 Å². The maximum absolute atomic E-state index is 12.3. The second-order valence-corrected chi connectivity index (χ2v) is 5.38. The van der Waals surface area contributed by atoms with Gasteiger partial charge in [0.15, 0.2) is 0 Å². The first kappa shape index (κ1) is 14.3. The van der Waals surface area contributed by atoms with Crippen molar-refractivity contribution in [3.8, 4) is 0 Å². The van der Waals surface area contributed by atoms with Crippen LogP contribution in [-0.2, 0) is 16.1 Å². The summed E-state index contributed by atoms with van der Waals surface area (Å²) in [7, 11) is 0. The van der Waals surface area contributed by atoms with Crippen molar-refractivity contribution >= 4 is 16.7 Å². The Hall–Kier alpha value is -2.61. The molecule has 0 aliphatic heterocycles. The SMILES string of the molecule is CC(C(=O)OCc1ccccc1)c1cccc2ccccc12. The Bertz CT molecular complexity index is 773. The van der Waals surface area contributed by atoms with Crippen molar-refractivity contribution in [3.63, 3.8) is 0 Å². The number of carbonyl (C=O) groups excluding carboxylic acids is 1. The lowest BCUT2D eigenvalue weighted by molar-refractivity contribution is -0.146. The van der Waals surface area contributed by atoms with Gasteiger partial charge >= 0.3 is 5.97 Å². The van der Waals surface area contributed by atoms with Crippen LogP contribution in [0.1, 0.15) is 24.0 Å². The Labute approximate surface area is 130 Å². The highest BCUT2D eigenvalue weighted by Crippen LogP contribution is 2.26. The van der Waals surface area contributed by atoms with Gasteiger partial charge in [-0.05, 0) is 28.8 Å². The number of hydrogen-bond acceptors (Lipinski definition) is 2. The van der Waals surface area contributed by atoms with E-state index in [9.17, 15) is 4.79 Å². The molecular weight excluding hydrogens is 272 g/mol. The van der Waals surface area contributed by atoms with Gasteiger partial charge in [0.25, 0.3) is 0 Å². The molecule has 0 aliphatic carbocycles. The molecule has 0 bridgehead atoms. The van der Waals surface area contributed by atoms with Crippen LogP contribution in [-0.4, -0.2) is 5.97 Å². The summed E-state index contributed by atoms with van der Waals surface area (Å²) in [5.41, 5.74) is 2.01. The molecule has 0 spiro atoms. The van der Waals surface area contributed by atoms with Crippen LogP contribution in [0.5, 0.6) is 0 Å². The number of hydrogen-bond donors (Lipinski definition) is 0. The van der Waals surface area contributed by atoms with Crippen LogP contribution in [0.3, 0.4) is 0 Å². The van der Waals surface area contributed by atoms with Crippen LogP contribution >= 0.6 is 0 Å². The minimum absolute atomic E-state index is 0.194. The van der Waals surface area contributed by atoms with Gasteiger partial charge in [-0.15, -0.1) is 0 Å². The lowest BCUT2D eigenvalue weighted by atomic mass is 9.95. The van der Waals surface area contributed by atoms with Crippen LogP contribution in [0.2, 0.25) is 0 Å². The molecule has 0 N–H and O–H groups in total. The van der Waals surface area contributed by atoms with Gasteiger partial charge in [0, 0.05) is 0 Å². The van der Waals surface area contributed by atoms with Crippen LogP contribution in [0.25, 0.3) is 10.8 Å². The summed E-state index contributed by atoms with van der Waals surface area (Å²) >= 11 is 0. The lowest BCUT2D eigenvalue weighted by Gasteiger charge is -2.14. The zero-order valence-corrected chi connectivity index (χ0v) is 12.5. The summed E-state index contributed by atoms with van der Waals surface area (Å²) in [5.74, 6) is -0.477. The highest BCUT2D eigenvalue weighted by atomic mass is 16.5. The molecule has 1 unspecified atom stereocenters. The molecule has 0 aromatic heterocycles. The molecule has 110 valence electrons. The quantitative estimate of drug-likeness (QED) is 0.652. The molecule has 0 aliphatic rings. The van der Waals surface area contributed by atoms with Crippen molar-refractivity contribution in [1.82, 2.24) is 0 Å². The number of rotatable bonds is 4. The fourth-order valence-electron chi connectivity index (χ4n) is 2.61. The van der Waals surface area contributed by atoms with Crippen molar-refractivity contribution in [2.45, 2.75) is 19.4 Å². The van der Waals surface area contributed by atoms with E-state index in [2.05, 4.69) is 12.1 Å². The highest BCUT2D eigenvalue weighted by molar-refractivity contribution is 5.91. The third-order valence-electron chi connectivity index (χ3n) is 3.87. The number of benzene rings is 3. The molecule has 0 saturated heterocycles. The van der Waals surface area contributed by atoms with E-state index in [0.29, 0.717) is 6.61 Å². The van der Waals surface area contributed by atoms with E-state index in [-0.39, 0.29) is 11.9 Å². The third kappa shape index (κ3) is 3.01. The molecule has 0 radical (unpaired) electrons. The predicted molar refractivity (Wildman–Crippen MR) is 88.6 cm³/mol. The van der Waals surface area contributed by atoms with Gasteiger partial charge in [0.05, 0.1) is 5.92 Å². The smallest absolute Gasteiger partial charge is 0.313 e.